The van der Waals surface area contributed by atoms with Crippen LogP contribution in [0.4, 0.5) is 0 Å². The predicted octanol–water partition coefficient (Wildman–Crippen LogP) is 20.1. The Hall–Kier alpha value is -2.17. The van der Waals surface area contributed by atoms with Crippen LogP contribution in [0.25, 0.3) is 0 Å². The summed E-state index contributed by atoms with van der Waals surface area (Å²) in [5, 5.41) is 23.1. The summed E-state index contributed by atoms with van der Waals surface area (Å²) in [4.78, 5) is 12.5. The highest BCUT2D eigenvalue weighted by molar-refractivity contribution is 5.76. The molecule has 0 saturated heterocycles. The van der Waals surface area contributed by atoms with E-state index in [9.17, 15) is 15.0 Å². The van der Waals surface area contributed by atoms with Gasteiger partial charge in [-0.3, -0.25) is 4.79 Å². The van der Waals surface area contributed by atoms with Crippen molar-refractivity contribution in [2.24, 2.45) is 0 Å². The third kappa shape index (κ3) is 54.8. The molecule has 0 spiro atoms. The summed E-state index contributed by atoms with van der Waals surface area (Å²) in [7, 11) is 0. The summed E-state index contributed by atoms with van der Waals surface area (Å²) in [6, 6.07) is -0.646. The standard InChI is InChI=1S/C64H117NO3/c1-3-5-7-9-11-13-15-17-19-20-21-22-23-24-25-26-27-28-29-30-31-32-33-34-35-36-37-38-39-40-41-42-43-44-46-48-50-52-54-56-58-60-64(68)65-62(61-66)63(67)59-57-55-53-51-49-47-45-18-16-14-12-10-8-6-4-2/h15-18,20-21,23-24,49,51,57,59,62-63,66-67H,3-14,19,22,25-48,50,52-56,58,60-61H2,1-2H3,(H,65,68)/b17-15-,18-16+,21-20-,24-23-,51-49+,59-57+. The molecule has 0 fully saturated rings. The summed E-state index contributed by atoms with van der Waals surface area (Å²) in [6.45, 7) is 4.28. The highest BCUT2D eigenvalue weighted by Gasteiger charge is 2.18. The van der Waals surface area contributed by atoms with E-state index in [1.807, 2.05) is 6.08 Å². The molecule has 0 heterocycles. The van der Waals surface area contributed by atoms with Crippen molar-refractivity contribution in [3.05, 3.63) is 72.9 Å². The largest absolute Gasteiger partial charge is 0.394 e. The van der Waals surface area contributed by atoms with Gasteiger partial charge >= 0.3 is 0 Å². The Morgan fingerprint density at radius 1 is 0.353 bits per heavy atom. The number of aliphatic hydroxyl groups is 2. The highest BCUT2D eigenvalue weighted by Crippen LogP contribution is 2.17. The van der Waals surface area contributed by atoms with Gasteiger partial charge < -0.3 is 15.5 Å². The monoisotopic (exact) mass is 948 g/mol. The molecule has 1 amide bonds. The average molecular weight is 949 g/mol. The summed E-state index contributed by atoms with van der Waals surface area (Å²) < 4.78 is 0. The molecule has 0 aromatic rings. The Balaban J connectivity index is 3.42. The number of allylic oxidation sites excluding steroid dienone is 11. The molecular formula is C64H117NO3. The van der Waals surface area contributed by atoms with Crippen molar-refractivity contribution in [2.75, 3.05) is 6.61 Å². The Morgan fingerprint density at radius 2 is 0.618 bits per heavy atom. The molecule has 0 aliphatic carbocycles. The van der Waals surface area contributed by atoms with Crippen LogP contribution in [0.15, 0.2) is 72.9 Å². The molecule has 0 bridgehead atoms. The van der Waals surface area contributed by atoms with Gasteiger partial charge in [-0.25, -0.2) is 0 Å². The molecule has 0 saturated carbocycles. The first-order valence-corrected chi connectivity index (χ1v) is 30.2. The minimum Gasteiger partial charge on any atom is -0.394 e. The van der Waals surface area contributed by atoms with Crippen molar-refractivity contribution < 1.29 is 15.0 Å². The van der Waals surface area contributed by atoms with E-state index in [2.05, 4.69) is 79.9 Å². The maximum Gasteiger partial charge on any atom is 0.220 e. The third-order valence-corrected chi connectivity index (χ3v) is 13.6. The molecule has 0 aromatic carbocycles. The summed E-state index contributed by atoms with van der Waals surface area (Å²) in [5.74, 6) is -0.0752. The van der Waals surface area contributed by atoms with E-state index in [0.29, 0.717) is 6.42 Å². The summed E-state index contributed by atoms with van der Waals surface area (Å²) >= 11 is 0. The molecule has 4 nitrogen and oxygen atoms in total. The second-order valence-corrected chi connectivity index (χ2v) is 20.4. The van der Waals surface area contributed by atoms with Gasteiger partial charge in [-0.2, -0.15) is 0 Å². The van der Waals surface area contributed by atoms with Crippen LogP contribution in [0, 0.1) is 0 Å². The molecule has 4 heteroatoms. The molecular weight excluding hydrogens is 831 g/mol. The molecule has 2 atom stereocenters. The smallest absolute Gasteiger partial charge is 0.220 e. The van der Waals surface area contributed by atoms with Crippen LogP contribution in [0.5, 0.6) is 0 Å². The first-order valence-electron chi connectivity index (χ1n) is 30.2. The van der Waals surface area contributed by atoms with E-state index in [4.69, 9.17) is 0 Å². The Bertz CT molecular complexity index is 1170. The van der Waals surface area contributed by atoms with E-state index >= 15 is 0 Å². The topological polar surface area (TPSA) is 69.6 Å². The van der Waals surface area contributed by atoms with Crippen LogP contribution in [0.3, 0.4) is 0 Å². The lowest BCUT2D eigenvalue weighted by Crippen LogP contribution is -2.45. The van der Waals surface area contributed by atoms with Gasteiger partial charge in [-0.15, -0.1) is 0 Å². The molecule has 0 aromatic heterocycles. The highest BCUT2D eigenvalue weighted by atomic mass is 16.3. The molecule has 0 rings (SSSR count). The number of carbonyl (C=O) groups excluding carboxylic acids is 1. The van der Waals surface area contributed by atoms with Crippen molar-refractivity contribution in [1.29, 1.82) is 0 Å². The number of carbonyl (C=O) groups is 1. The molecule has 2 unspecified atom stereocenters. The second-order valence-electron chi connectivity index (χ2n) is 20.4. The molecule has 0 aliphatic rings. The van der Waals surface area contributed by atoms with Crippen molar-refractivity contribution >= 4 is 5.91 Å². The van der Waals surface area contributed by atoms with Gasteiger partial charge in [0.05, 0.1) is 18.8 Å². The maximum absolute atomic E-state index is 12.5. The molecule has 0 radical (unpaired) electrons. The fourth-order valence-electron chi connectivity index (χ4n) is 9.04. The number of amides is 1. The van der Waals surface area contributed by atoms with Gasteiger partial charge in [0.2, 0.25) is 5.91 Å². The van der Waals surface area contributed by atoms with Crippen molar-refractivity contribution in [1.82, 2.24) is 5.32 Å². The maximum atomic E-state index is 12.5. The van der Waals surface area contributed by atoms with Gasteiger partial charge in [0, 0.05) is 6.42 Å². The summed E-state index contributed by atoms with van der Waals surface area (Å²) in [5.41, 5.74) is 0. The van der Waals surface area contributed by atoms with Crippen LogP contribution >= 0.6 is 0 Å². The zero-order valence-corrected chi connectivity index (χ0v) is 45.6. The van der Waals surface area contributed by atoms with Gasteiger partial charge in [-0.05, 0) is 83.5 Å². The van der Waals surface area contributed by atoms with Gasteiger partial charge in [-0.1, -0.05) is 292 Å². The van der Waals surface area contributed by atoms with Crippen LogP contribution in [0.1, 0.15) is 309 Å². The van der Waals surface area contributed by atoms with E-state index in [0.717, 1.165) is 51.4 Å². The van der Waals surface area contributed by atoms with Crippen molar-refractivity contribution in [2.45, 2.75) is 321 Å². The van der Waals surface area contributed by atoms with E-state index in [1.54, 1.807) is 6.08 Å². The van der Waals surface area contributed by atoms with Crippen molar-refractivity contribution in [3.63, 3.8) is 0 Å². The molecule has 396 valence electrons. The SMILES string of the molecule is CCCCCCC/C=C\C/C=C\C/C=C\CCCCCCCCCCCCCCCCCCCCCCCCCCCCC(=O)NC(CO)C(O)/C=C/CC/C=C/CC/C=C/CCCCCCC. The average Bonchev–Trinajstić information content (AvgIpc) is 3.34. The number of hydrogen-bond acceptors (Lipinski definition) is 3. The quantitative estimate of drug-likeness (QED) is 0.0420. The minimum absolute atomic E-state index is 0.0752. The van der Waals surface area contributed by atoms with Crippen LogP contribution in [0.2, 0.25) is 0 Å². The predicted molar refractivity (Wildman–Crippen MR) is 304 cm³/mol. The normalized spacial score (nSPS) is 13.3. The van der Waals surface area contributed by atoms with E-state index in [-0.39, 0.29) is 12.5 Å². The lowest BCUT2D eigenvalue weighted by Gasteiger charge is -2.19. The molecule has 68 heavy (non-hydrogen) atoms. The first-order chi connectivity index (χ1) is 33.7. The Kier molecular flexibility index (Phi) is 57.3. The second kappa shape index (κ2) is 59.1. The van der Waals surface area contributed by atoms with Crippen LogP contribution in [-0.2, 0) is 4.79 Å². The fourth-order valence-corrected chi connectivity index (χ4v) is 9.04. The van der Waals surface area contributed by atoms with E-state index < -0.39 is 12.1 Å². The number of rotatable bonds is 55. The fraction of sp³-hybridized carbons (Fsp3) is 0.797. The number of nitrogens with one attached hydrogen (secondary N) is 1. The third-order valence-electron chi connectivity index (χ3n) is 13.6. The van der Waals surface area contributed by atoms with Gasteiger partial charge in [0.15, 0.2) is 0 Å². The van der Waals surface area contributed by atoms with Gasteiger partial charge in [0.1, 0.15) is 0 Å². The zero-order chi connectivity index (χ0) is 49.2. The van der Waals surface area contributed by atoms with E-state index in [1.165, 1.54) is 238 Å². The van der Waals surface area contributed by atoms with Crippen LogP contribution < -0.4 is 5.32 Å². The number of aliphatic hydroxyl groups excluding tert-OH is 2. The number of unbranched alkanes of at least 4 members (excludes halogenated alkanes) is 38. The van der Waals surface area contributed by atoms with Crippen LogP contribution in [-0.4, -0.2) is 34.9 Å². The Labute approximate surface area is 425 Å². The van der Waals surface area contributed by atoms with Gasteiger partial charge in [0.25, 0.3) is 0 Å². The first kappa shape index (κ1) is 65.8. The molecule has 0 aliphatic heterocycles. The van der Waals surface area contributed by atoms with Crippen molar-refractivity contribution in [3.8, 4) is 0 Å². The molecule has 3 N–H and O–H groups in total. The number of hydrogen-bond donors (Lipinski definition) is 3. The minimum atomic E-state index is -0.870. The Morgan fingerprint density at radius 3 is 0.956 bits per heavy atom. The lowest BCUT2D eigenvalue weighted by molar-refractivity contribution is -0.123. The zero-order valence-electron chi connectivity index (χ0n) is 45.6. The lowest BCUT2D eigenvalue weighted by atomic mass is 10.0. The summed E-state index contributed by atoms with van der Waals surface area (Å²) in [6.07, 6.45) is 85.3.